The minimum Gasteiger partial charge on any atom is -0.464 e. The van der Waals surface area contributed by atoms with Gasteiger partial charge < -0.3 is 15.6 Å². The van der Waals surface area contributed by atoms with Gasteiger partial charge in [-0.3, -0.25) is 4.79 Å². The summed E-state index contributed by atoms with van der Waals surface area (Å²) in [6.07, 6.45) is 4.74. The van der Waals surface area contributed by atoms with Crippen molar-refractivity contribution >= 4 is 5.97 Å². The van der Waals surface area contributed by atoms with Gasteiger partial charge in [0.05, 0.1) is 13.2 Å². The maximum absolute atomic E-state index is 11.0. The predicted octanol–water partition coefficient (Wildman–Crippen LogP) is 0.0394. The van der Waals surface area contributed by atoms with Crippen molar-refractivity contribution in [3.63, 3.8) is 0 Å². The van der Waals surface area contributed by atoms with Crippen LogP contribution in [-0.2, 0) is 9.53 Å². The number of hydrogen-bond donors (Lipinski definition) is 2. The maximum Gasteiger partial charge on any atom is 0.325 e. The molecule has 1 atom stereocenters. The number of carbonyl (C=O) groups is 1. The molecule has 1 saturated carbocycles. The van der Waals surface area contributed by atoms with E-state index in [0.29, 0.717) is 12.5 Å². The SMILES string of the molecule is NC(CO)C(=O)OCC1CCCC1. The molecular formula is C9H17NO3. The zero-order chi connectivity index (χ0) is 9.68. The lowest BCUT2D eigenvalue weighted by molar-refractivity contribution is -0.147. The van der Waals surface area contributed by atoms with Crippen LogP contribution in [0, 0.1) is 5.92 Å². The third kappa shape index (κ3) is 3.32. The molecule has 0 bridgehead atoms. The molecule has 13 heavy (non-hydrogen) atoms. The number of carbonyl (C=O) groups excluding carboxylic acids is 1. The summed E-state index contributed by atoms with van der Waals surface area (Å²) in [6.45, 7) is 0.121. The molecule has 4 nitrogen and oxygen atoms in total. The van der Waals surface area contributed by atoms with Crippen molar-refractivity contribution in [1.82, 2.24) is 0 Å². The Bertz CT molecular complexity index is 166. The molecule has 0 amide bonds. The first-order valence-corrected chi connectivity index (χ1v) is 4.77. The summed E-state index contributed by atoms with van der Waals surface area (Å²) in [5.41, 5.74) is 5.28. The molecule has 1 aliphatic carbocycles. The Labute approximate surface area is 78.1 Å². The zero-order valence-corrected chi connectivity index (χ0v) is 7.74. The van der Waals surface area contributed by atoms with Gasteiger partial charge in [0.15, 0.2) is 0 Å². The lowest BCUT2D eigenvalue weighted by Crippen LogP contribution is -2.36. The van der Waals surface area contributed by atoms with Crippen LogP contribution in [-0.4, -0.2) is 30.3 Å². The van der Waals surface area contributed by atoms with E-state index >= 15 is 0 Å². The van der Waals surface area contributed by atoms with Crippen LogP contribution in [0.1, 0.15) is 25.7 Å². The second kappa shape index (κ2) is 5.19. The van der Waals surface area contributed by atoms with Crippen LogP contribution in [0.2, 0.25) is 0 Å². The average molecular weight is 187 g/mol. The summed E-state index contributed by atoms with van der Waals surface area (Å²) in [6, 6.07) is -0.874. The van der Waals surface area contributed by atoms with Gasteiger partial charge >= 0.3 is 5.97 Å². The molecule has 1 fully saturated rings. The number of nitrogens with two attached hydrogens (primary N) is 1. The normalized spacial score (nSPS) is 20.2. The second-order valence-electron chi connectivity index (χ2n) is 3.57. The summed E-state index contributed by atoms with van der Waals surface area (Å²) >= 11 is 0. The molecule has 1 unspecified atom stereocenters. The Morgan fingerprint density at radius 2 is 2.15 bits per heavy atom. The molecule has 0 aromatic rings. The third-order valence-electron chi connectivity index (χ3n) is 2.44. The number of esters is 1. The molecule has 0 heterocycles. The number of ether oxygens (including phenoxy) is 1. The molecule has 0 radical (unpaired) electrons. The van der Waals surface area contributed by atoms with Gasteiger partial charge in [0.25, 0.3) is 0 Å². The van der Waals surface area contributed by atoms with Crippen LogP contribution < -0.4 is 5.73 Å². The number of aliphatic hydroxyl groups excluding tert-OH is 1. The van der Waals surface area contributed by atoms with Crippen LogP contribution in [0.5, 0.6) is 0 Å². The Morgan fingerprint density at radius 1 is 1.54 bits per heavy atom. The number of aliphatic hydroxyl groups is 1. The topological polar surface area (TPSA) is 72.5 Å². The van der Waals surface area contributed by atoms with Gasteiger partial charge in [-0.15, -0.1) is 0 Å². The largest absolute Gasteiger partial charge is 0.464 e. The highest BCUT2D eigenvalue weighted by Crippen LogP contribution is 2.24. The van der Waals surface area contributed by atoms with Crippen molar-refractivity contribution in [3.8, 4) is 0 Å². The van der Waals surface area contributed by atoms with Crippen molar-refractivity contribution in [1.29, 1.82) is 0 Å². The number of hydrogen-bond acceptors (Lipinski definition) is 4. The zero-order valence-electron chi connectivity index (χ0n) is 7.74. The summed E-state index contributed by atoms with van der Waals surface area (Å²) in [5, 5.41) is 8.57. The highest BCUT2D eigenvalue weighted by atomic mass is 16.5. The quantitative estimate of drug-likeness (QED) is 0.609. The van der Waals surface area contributed by atoms with Crippen molar-refractivity contribution in [2.24, 2.45) is 11.7 Å². The Balaban J connectivity index is 2.13. The van der Waals surface area contributed by atoms with Gasteiger partial charge in [-0.2, -0.15) is 0 Å². The standard InChI is InChI=1S/C9H17NO3/c10-8(5-11)9(12)13-6-7-3-1-2-4-7/h7-8,11H,1-6,10H2. The first kappa shape index (κ1) is 10.5. The molecule has 3 N–H and O–H groups in total. The van der Waals surface area contributed by atoms with Crippen molar-refractivity contribution < 1.29 is 14.6 Å². The van der Waals surface area contributed by atoms with Crippen LogP contribution in [0.4, 0.5) is 0 Å². The van der Waals surface area contributed by atoms with Gasteiger partial charge in [0.1, 0.15) is 6.04 Å². The van der Waals surface area contributed by atoms with Gasteiger partial charge in [0.2, 0.25) is 0 Å². The summed E-state index contributed by atoms with van der Waals surface area (Å²) in [7, 11) is 0. The molecule has 4 heteroatoms. The van der Waals surface area contributed by atoms with E-state index < -0.39 is 12.0 Å². The van der Waals surface area contributed by atoms with E-state index in [2.05, 4.69) is 0 Å². The smallest absolute Gasteiger partial charge is 0.325 e. The Kier molecular flexibility index (Phi) is 4.18. The van der Waals surface area contributed by atoms with Crippen LogP contribution in [0.25, 0.3) is 0 Å². The fraction of sp³-hybridized carbons (Fsp3) is 0.889. The Hall–Kier alpha value is -0.610. The predicted molar refractivity (Wildman–Crippen MR) is 48.0 cm³/mol. The third-order valence-corrected chi connectivity index (χ3v) is 2.44. The molecule has 0 spiro atoms. The van der Waals surface area contributed by atoms with Crippen molar-refractivity contribution in [3.05, 3.63) is 0 Å². The molecule has 0 saturated heterocycles. The molecule has 1 aliphatic rings. The molecule has 0 aliphatic heterocycles. The summed E-state index contributed by atoms with van der Waals surface area (Å²) in [4.78, 5) is 11.0. The first-order valence-electron chi connectivity index (χ1n) is 4.77. The molecule has 0 aromatic carbocycles. The van der Waals surface area contributed by atoms with Crippen LogP contribution >= 0.6 is 0 Å². The average Bonchev–Trinajstić information content (AvgIpc) is 2.65. The molecule has 76 valence electrons. The van der Waals surface area contributed by atoms with Gasteiger partial charge in [0, 0.05) is 0 Å². The second-order valence-corrected chi connectivity index (χ2v) is 3.57. The van der Waals surface area contributed by atoms with E-state index in [9.17, 15) is 4.79 Å². The minimum atomic E-state index is -0.874. The van der Waals surface area contributed by atoms with Gasteiger partial charge in [-0.05, 0) is 18.8 Å². The lowest BCUT2D eigenvalue weighted by Gasteiger charge is -2.12. The molecular weight excluding hydrogens is 170 g/mol. The first-order chi connectivity index (χ1) is 6.24. The van der Waals surface area contributed by atoms with Crippen LogP contribution in [0.15, 0.2) is 0 Å². The fourth-order valence-electron chi connectivity index (χ4n) is 1.56. The van der Waals surface area contributed by atoms with E-state index in [0.717, 1.165) is 12.8 Å². The van der Waals surface area contributed by atoms with E-state index in [1.54, 1.807) is 0 Å². The monoisotopic (exact) mass is 187 g/mol. The van der Waals surface area contributed by atoms with E-state index in [4.69, 9.17) is 15.6 Å². The highest BCUT2D eigenvalue weighted by Gasteiger charge is 2.19. The fourth-order valence-corrected chi connectivity index (χ4v) is 1.56. The highest BCUT2D eigenvalue weighted by molar-refractivity contribution is 5.75. The molecule has 0 aromatic heterocycles. The van der Waals surface area contributed by atoms with Crippen LogP contribution in [0.3, 0.4) is 0 Å². The number of rotatable bonds is 4. The lowest BCUT2D eigenvalue weighted by atomic mass is 10.1. The van der Waals surface area contributed by atoms with E-state index in [1.807, 2.05) is 0 Å². The van der Waals surface area contributed by atoms with Gasteiger partial charge in [-0.1, -0.05) is 12.8 Å². The summed E-state index contributed by atoms with van der Waals surface area (Å²) in [5.74, 6) is 0.0178. The maximum atomic E-state index is 11.0. The molecule has 1 rings (SSSR count). The van der Waals surface area contributed by atoms with E-state index in [-0.39, 0.29) is 6.61 Å². The van der Waals surface area contributed by atoms with Crippen molar-refractivity contribution in [2.45, 2.75) is 31.7 Å². The summed E-state index contributed by atoms with van der Waals surface area (Å²) < 4.78 is 4.95. The van der Waals surface area contributed by atoms with E-state index in [1.165, 1.54) is 12.8 Å². The Morgan fingerprint density at radius 3 is 2.69 bits per heavy atom. The minimum absolute atomic E-state index is 0.344. The van der Waals surface area contributed by atoms with Gasteiger partial charge in [-0.25, -0.2) is 0 Å². The van der Waals surface area contributed by atoms with Crippen molar-refractivity contribution in [2.75, 3.05) is 13.2 Å².